The van der Waals surface area contributed by atoms with E-state index in [1.807, 2.05) is 12.2 Å². The molecule has 2 amide bonds. The monoisotopic (exact) mass is 318 g/mol. The van der Waals surface area contributed by atoms with Crippen LogP contribution in [-0.4, -0.2) is 20.2 Å². The van der Waals surface area contributed by atoms with Gasteiger partial charge in [0.1, 0.15) is 0 Å². The Bertz CT molecular complexity index is 782. The smallest absolute Gasteiger partial charge is 0.238 e. The summed E-state index contributed by atoms with van der Waals surface area (Å²) in [5.41, 5.74) is 0.399. The molecule has 0 radical (unpaired) electrons. The average Bonchev–Trinajstić information content (AvgIpc) is 3.12. The minimum Gasteiger partial charge on any atom is -0.274 e. The zero-order valence-corrected chi connectivity index (χ0v) is 12.4. The Kier molecular flexibility index (Phi) is 2.65. The first kappa shape index (κ1) is 13.7. The summed E-state index contributed by atoms with van der Waals surface area (Å²) in [5.74, 6) is -0.591. The fourth-order valence-corrected chi connectivity index (χ4v) is 4.46. The van der Waals surface area contributed by atoms with E-state index in [9.17, 15) is 18.0 Å². The van der Waals surface area contributed by atoms with Crippen LogP contribution in [0.3, 0.4) is 0 Å². The van der Waals surface area contributed by atoms with Gasteiger partial charge in [0.05, 0.1) is 22.4 Å². The van der Waals surface area contributed by atoms with Crippen molar-refractivity contribution < 1.29 is 18.0 Å². The number of amides is 2. The Hall–Kier alpha value is -1.99. The number of hydrogen-bond donors (Lipinski definition) is 1. The molecule has 1 aromatic rings. The Balaban J connectivity index is 1.70. The van der Waals surface area contributed by atoms with E-state index < -0.39 is 10.0 Å². The van der Waals surface area contributed by atoms with Crippen LogP contribution in [0.15, 0.2) is 41.3 Å². The Morgan fingerprint density at radius 2 is 1.45 bits per heavy atom. The van der Waals surface area contributed by atoms with Crippen LogP contribution in [0.25, 0.3) is 0 Å². The number of benzene rings is 1. The van der Waals surface area contributed by atoms with Gasteiger partial charge >= 0.3 is 0 Å². The van der Waals surface area contributed by atoms with E-state index in [1.165, 1.54) is 29.2 Å². The highest BCUT2D eigenvalue weighted by molar-refractivity contribution is 7.89. The van der Waals surface area contributed by atoms with Crippen molar-refractivity contribution >= 4 is 27.5 Å². The summed E-state index contributed by atoms with van der Waals surface area (Å²) in [6.07, 6.45) is 4.94. The molecule has 2 aliphatic carbocycles. The third-order valence-corrected chi connectivity index (χ3v) is 5.82. The van der Waals surface area contributed by atoms with Crippen LogP contribution in [-0.2, 0) is 19.6 Å². The molecule has 2 N–H and O–H groups in total. The molecule has 1 aliphatic heterocycles. The fourth-order valence-electron chi connectivity index (χ4n) is 3.94. The van der Waals surface area contributed by atoms with Crippen molar-refractivity contribution in [1.29, 1.82) is 0 Å². The molecular weight excluding hydrogens is 304 g/mol. The minimum atomic E-state index is -3.79. The second-order valence-electron chi connectivity index (χ2n) is 6.05. The number of primary sulfonamides is 1. The van der Waals surface area contributed by atoms with E-state index in [0.29, 0.717) is 5.69 Å². The van der Waals surface area contributed by atoms with Gasteiger partial charge in [-0.25, -0.2) is 13.6 Å². The predicted octanol–water partition coefficient (Wildman–Crippen LogP) is 0.645. The molecule has 22 heavy (non-hydrogen) atoms. The van der Waals surface area contributed by atoms with Crippen LogP contribution in [0.5, 0.6) is 0 Å². The lowest BCUT2D eigenvalue weighted by Crippen LogP contribution is -2.32. The molecule has 1 saturated heterocycles. The van der Waals surface area contributed by atoms with Gasteiger partial charge < -0.3 is 0 Å². The third kappa shape index (κ3) is 1.72. The molecule has 1 aromatic carbocycles. The minimum absolute atomic E-state index is 0.0442. The molecule has 2 unspecified atom stereocenters. The van der Waals surface area contributed by atoms with Crippen molar-refractivity contribution in [3.8, 4) is 0 Å². The Morgan fingerprint density at radius 1 is 0.955 bits per heavy atom. The lowest BCUT2D eigenvalue weighted by molar-refractivity contribution is -0.123. The number of nitrogens with two attached hydrogens (primary N) is 1. The van der Waals surface area contributed by atoms with Gasteiger partial charge in [0.25, 0.3) is 0 Å². The summed E-state index contributed by atoms with van der Waals surface area (Å²) in [6, 6.07) is 5.52. The SMILES string of the molecule is NS(=O)(=O)c1ccc(N2C(=O)[C@@H]3C4C=CC(C4)[C@@H]3C2=O)cc1. The van der Waals surface area contributed by atoms with Gasteiger partial charge in [0, 0.05) is 0 Å². The van der Waals surface area contributed by atoms with Gasteiger partial charge in [0.2, 0.25) is 21.8 Å². The second kappa shape index (κ2) is 4.27. The normalized spacial score (nSPS) is 32.9. The highest BCUT2D eigenvalue weighted by Gasteiger charge is 2.59. The molecule has 2 bridgehead atoms. The third-order valence-electron chi connectivity index (χ3n) is 4.89. The summed E-state index contributed by atoms with van der Waals surface area (Å²) in [7, 11) is -3.79. The molecular formula is C15H14N2O4S. The molecule has 114 valence electrons. The Labute approximate surface area is 127 Å². The van der Waals surface area contributed by atoms with Crippen LogP contribution >= 0.6 is 0 Å². The molecule has 1 saturated carbocycles. The Morgan fingerprint density at radius 3 is 1.91 bits per heavy atom. The van der Waals surface area contributed by atoms with E-state index in [2.05, 4.69) is 0 Å². The van der Waals surface area contributed by atoms with Crippen molar-refractivity contribution in [2.24, 2.45) is 28.8 Å². The number of sulfonamides is 1. The maximum atomic E-state index is 12.6. The molecule has 2 fully saturated rings. The lowest BCUT2D eigenvalue weighted by Gasteiger charge is -2.17. The lowest BCUT2D eigenvalue weighted by atomic mass is 9.85. The van der Waals surface area contributed by atoms with Crippen molar-refractivity contribution in [3.63, 3.8) is 0 Å². The first-order valence-electron chi connectivity index (χ1n) is 7.07. The molecule has 7 heteroatoms. The van der Waals surface area contributed by atoms with Crippen LogP contribution in [0.4, 0.5) is 5.69 Å². The molecule has 4 rings (SSSR count). The quantitative estimate of drug-likeness (QED) is 0.639. The standard InChI is InChI=1S/C15H14N2O4S/c16-22(20,21)11-5-3-10(4-6-11)17-14(18)12-8-1-2-9(7-8)13(12)15(17)19/h1-6,8-9,12-13H,7H2,(H2,16,20,21)/t8?,9?,12-,13+. The average molecular weight is 318 g/mol. The number of imide groups is 1. The number of anilines is 1. The summed E-state index contributed by atoms with van der Waals surface area (Å²) in [5, 5.41) is 5.05. The predicted molar refractivity (Wildman–Crippen MR) is 78.0 cm³/mol. The van der Waals surface area contributed by atoms with E-state index in [-0.39, 0.29) is 40.4 Å². The molecule has 1 heterocycles. The van der Waals surface area contributed by atoms with E-state index in [4.69, 9.17) is 5.14 Å². The number of nitrogens with zero attached hydrogens (tertiary/aromatic N) is 1. The molecule has 0 aromatic heterocycles. The van der Waals surface area contributed by atoms with E-state index in [1.54, 1.807) is 0 Å². The fraction of sp³-hybridized carbons (Fsp3) is 0.333. The van der Waals surface area contributed by atoms with Gasteiger partial charge in [-0.15, -0.1) is 0 Å². The maximum absolute atomic E-state index is 12.6. The van der Waals surface area contributed by atoms with Crippen molar-refractivity contribution in [1.82, 2.24) is 0 Å². The zero-order valence-electron chi connectivity index (χ0n) is 11.5. The molecule has 4 atom stereocenters. The second-order valence-corrected chi connectivity index (χ2v) is 7.61. The zero-order chi connectivity index (χ0) is 15.6. The summed E-state index contributed by atoms with van der Waals surface area (Å²) in [4.78, 5) is 26.3. The molecule has 0 spiro atoms. The van der Waals surface area contributed by atoms with Crippen molar-refractivity contribution in [2.45, 2.75) is 11.3 Å². The number of rotatable bonds is 2. The summed E-state index contributed by atoms with van der Waals surface area (Å²) < 4.78 is 22.5. The van der Waals surface area contributed by atoms with Gasteiger partial charge in [-0.1, -0.05) is 12.2 Å². The topological polar surface area (TPSA) is 97.5 Å². The van der Waals surface area contributed by atoms with Gasteiger partial charge in [-0.05, 0) is 42.5 Å². The maximum Gasteiger partial charge on any atom is 0.238 e. The molecule has 3 aliphatic rings. The first-order valence-corrected chi connectivity index (χ1v) is 8.61. The summed E-state index contributed by atoms with van der Waals surface area (Å²) >= 11 is 0. The van der Waals surface area contributed by atoms with Crippen LogP contribution < -0.4 is 10.0 Å². The van der Waals surface area contributed by atoms with Crippen LogP contribution in [0.2, 0.25) is 0 Å². The van der Waals surface area contributed by atoms with Gasteiger partial charge in [-0.3, -0.25) is 14.5 Å². The number of carbonyl (C=O) groups excluding carboxylic acids is 2. The number of carbonyl (C=O) groups is 2. The van der Waals surface area contributed by atoms with Crippen molar-refractivity contribution in [2.75, 3.05) is 4.90 Å². The van der Waals surface area contributed by atoms with Gasteiger partial charge in [0.15, 0.2) is 0 Å². The van der Waals surface area contributed by atoms with Crippen molar-refractivity contribution in [3.05, 3.63) is 36.4 Å². The van der Waals surface area contributed by atoms with Crippen LogP contribution in [0, 0.1) is 23.7 Å². The summed E-state index contributed by atoms with van der Waals surface area (Å²) in [6.45, 7) is 0. The number of hydrogen-bond acceptors (Lipinski definition) is 4. The first-order chi connectivity index (χ1) is 10.4. The molecule has 6 nitrogen and oxygen atoms in total. The highest BCUT2D eigenvalue weighted by atomic mass is 32.2. The number of allylic oxidation sites excluding steroid dienone is 2. The van der Waals surface area contributed by atoms with Crippen LogP contribution in [0.1, 0.15) is 6.42 Å². The van der Waals surface area contributed by atoms with Gasteiger partial charge in [-0.2, -0.15) is 0 Å². The van der Waals surface area contributed by atoms with E-state index in [0.717, 1.165) is 6.42 Å². The largest absolute Gasteiger partial charge is 0.274 e. The van der Waals surface area contributed by atoms with E-state index >= 15 is 0 Å². The number of fused-ring (bicyclic) bond motifs is 5. The highest BCUT2D eigenvalue weighted by Crippen LogP contribution is 2.53.